The van der Waals surface area contributed by atoms with Crippen molar-refractivity contribution in [3.05, 3.63) is 30.2 Å². The minimum atomic E-state index is -0.233. The van der Waals surface area contributed by atoms with E-state index >= 15 is 0 Å². The second-order valence-electron chi connectivity index (χ2n) is 5.09. The SMILES string of the molecule is CCOC(=O)N1CCC(NCc2nc3ccccc3o2)C1.Cl.Cl. The number of benzene rings is 1. The van der Waals surface area contributed by atoms with Crippen molar-refractivity contribution in [3.63, 3.8) is 0 Å². The Morgan fingerprint density at radius 2 is 2.22 bits per heavy atom. The molecule has 6 nitrogen and oxygen atoms in total. The predicted octanol–water partition coefficient (Wildman–Crippen LogP) is 2.99. The molecule has 23 heavy (non-hydrogen) atoms. The van der Waals surface area contributed by atoms with Crippen LogP contribution in [-0.2, 0) is 11.3 Å². The average Bonchev–Trinajstić information content (AvgIpc) is 3.11. The number of ether oxygens (including phenoxy) is 1. The van der Waals surface area contributed by atoms with E-state index in [2.05, 4.69) is 10.3 Å². The van der Waals surface area contributed by atoms with Crippen LogP contribution in [0.5, 0.6) is 0 Å². The first-order valence-corrected chi connectivity index (χ1v) is 7.26. The third-order valence-corrected chi connectivity index (χ3v) is 3.59. The molecule has 3 rings (SSSR count). The quantitative estimate of drug-likeness (QED) is 0.906. The number of rotatable bonds is 4. The van der Waals surface area contributed by atoms with Gasteiger partial charge in [0, 0.05) is 19.1 Å². The molecule has 1 aromatic heterocycles. The lowest BCUT2D eigenvalue weighted by molar-refractivity contribution is 0.115. The number of carbonyl (C=O) groups is 1. The number of aromatic nitrogens is 1. The first-order chi connectivity index (χ1) is 10.3. The molecule has 2 heterocycles. The van der Waals surface area contributed by atoms with Crippen molar-refractivity contribution in [2.45, 2.75) is 25.9 Å². The number of oxazole rings is 1. The summed E-state index contributed by atoms with van der Waals surface area (Å²) in [4.78, 5) is 17.8. The van der Waals surface area contributed by atoms with Crippen LogP contribution in [-0.4, -0.2) is 41.7 Å². The predicted molar refractivity (Wildman–Crippen MR) is 92.3 cm³/mol. The number of nitrogens with zero attached hydrogens (tertiary/aromatic N) is 2. The van der Waals surface area contributed by atoms with Crippen LogP contribution in [0.15, 0.2) is 28.7 Å². The van der Waals surface area contributed by atoms with Gasteiger partial charge in [0.25, 0.3) is 0 Å². The third-order valence-electron chi connectivity index (χ3n) is 3.59. The fraction of sp³-hybridized carbons (Fsp3) is 0.467. The topological polar surface area (TPSA) is 67.6 Å². The highest BCUT2D eigenvalue weighted by Crippen LogP contribution is 2.15. The van der Waals surface area contributed by atoms with Crippen LogP contribution in [0.3, 0.4) is 0 Å². The number of nitrogens with one attached hydrogen (secondary N) is 1. The number of fused-ring (bicyclic) bond motifs is 1. The minimum Gasteiger partial charge on any atom is -0.450 e. The second kappa shape index (κ2) is 8.96. The van der Waals surface area contributed by atoms with Gasteiger partial charge in [-0.2, -0.15) is 0 Å². The molecule has 1 aliphatic heterocycles. The first-order valence-electron chi connectivity index (χ1n) is 7.26. The Hall–Kier alpha value is -1.50. The Bertz CT molecular complexity index is 602. The van der Waals surface area contributed by atoms with E-state index in [0.29, 0.717) is 25.6 Å². The normalized spacial score (nSPS) is 16.7. The molecule has 0 aliphatic carbocycles. The molecule has 0 bridgehead atoms. The molecule has 0 spiro atoms. The van der Waals surface area contributed by atoms with E-state index in [0.717, 1.165) is 24.1 Å². The van der Waals surface area contributed by atoms with Crippen LogP contribution in [0, 0.1) is 0 Å². The van der Waals surface area contributed by atoms with E-state index < -0.39 is 0 Å². The summed E-state index contributed by atoms with van der Waals surface area (Å²) in [6.45, 7) is 4.19. The first kappa shape index (κ1) is 19.5. The second-order valence-corrected chi connectivity index (χ2v) is 5.09. The average molecular weight is 362 g/mol. The van der Waals surface area contributed by atoms with Crippen LogP contribution >= 0.6 is 24.8 Å². The fourth-order valence-electron chi connectivity index (χ4n) is 2.53. The Morgan fingerprint density at radius 3 is 2.96 bits per heavy atom. The summed E-state index contributed by atoms with van der Waals surface area (Å²) in [7, 11) is 0. The van der Waals surface area contributed by atoms with Crippen molar-refractivity contribution >= 4 is 42.0 Å². The zero-order valence-corrected chi connectivity index (χ0v) is 14.5. The molecule has 1 aromatic carbocycles. The molecule has 1 saturated heterocycles. The number of amides is 1. The van der Waals surface area contributed by atoms with Gasteiger partial charge in [0.1, 0.15) is 5.52 Å². The number of likely N-dealkylation sites (tertiary alicyclic amines) is 1. The van der Waals surface area contributed by atoms with Gasteiger partial charge in [0.15, 0.2) is 5.58 Å². The van der Waals surface area contributed by atoms with E-state index in [-0.39, 0.29) is 36.9 Å². The Kier molecular flexibility index (Phi) is 7.61. The van der Waals surface area contributed by atoms with Gasteiger partial charge in [-0.15, -0.1) is 24.8 Å². The molecule has 1 amide bonds. The molecular weight excluding hydrogens is 341 g/mol. The van der Waals surface area contributed by atoms with Crippen molar-refractivity contribution in [2.24, 2.45) is 0 Å². The maximum Gasteiger partial charge on any atom is 0.409 e. The Balaban J connectivity index is 0.00000132. The fourth-order valence-corrected chi connectivity index (χ4v) is 2.53. The maximum absolute atomic E-state index is 11.6. The lowest BCUT2D eigenvalue weighted by Crippen LogP contribution is -2.35. The molecule has 1 aliphatic rings. The van der Waals surface area contributed by atoms with Gasteiger partial charge in [-0.05, 0) is 25.5 Å². The molecule has 8 heteroatoms. The number of hydrogen-bond donors (Lipinski definition) is 1. The van der Waals surface area contributed by atoms with Crippen molar-refractivity contribution in [2.75, 3.05) is 19.7 Å². The highest BCUT2D eigenvalue weighted by atomic mass is 35.5. The molecule has 1 unspecified atom stereocenters. The summed E-state index contributed by atoms with van der Waals surface area (Å²) in [6, 6.07) is 7.96. The van der Waals surface area contributed by atoms with Gasteiger partial charge < -0.3 is 19.4 Å². The molecule has 1 fully saturated rings. The van der Waals surface area contributed by atoms with Crippen LogP contribution in [0.4, 0.5) is 4.79 Å². The van der Waals surface area contributed by atoms with E-state index in [9.17, 15) is 4.79 Å². The Labute approximate surface area is 147 Å². The number of para-hydroxylation sites is 2. The Morgan fingerprint density at radius 1 is 1.43 bits per heavy atom. The van der Waals surface area contributed by atoms with Gasteiger partial charge in [-0.3, -0.25) is 0 Å². The van der Waals surface area contributed by atoms with Crippen molar-refractivity contribution in [3.8, 4) is 0 Å². The zero-order valence-electron chi connectivity index (χ0n) is 12.9. The monoisotopic (exact) mass is 361 g/mol. The highest BCUT2D eigenvalue weighted by molar-refractivity contribution is 5.85. The van der Waals surface area contributed by atoms with Crippen LogP contribution in [0.25, 0.3) is 11.1 Å². The third kappa shape index (κ3) is 4.73. The van der Waals surface area contributed by atoms with E-state index in [4.69, 9.17) is 9.15 Å². The molecule has 128 valence electrons. The zero-order chi connectivity index (χ0) is 14.7. The van der Waals surface area contributed by atoms with Gasteiger partial charge in [-0.25, -0.2) is 9.78 Å². The molecular formula is C15H21Cl2N3O3. The van der Waals surface area contributed by atoms with Crippen molar-refractivity contribution in [1.82, 2.24) is 15.2 Å². The smallest absolute Gasteiger partial charge is 0.409 e. The van der Waals surface area contributed by atoms with Crippen molar-refractivity contribution in [1.29, 1.82) is 0 Å². The molecule has 0 radical (unpaired) electrons. The van der Waals surface area contributed by atoms with E-state index in [1.165, 1.54) is 0 Å². The van der Waals surface area contributed by atoms with Gasteiger partial charge in [-0.1, -0.05) is 12.1 Å². The summed E-state index contributed by atoms with van der Waals surface area (Å²) in [5.74, 6) is 0.672. The lowest BCUT2D eigenvalue weighted by atomic mass is 10.2. The standard InChI is InChI=1S/C15H19N3O3.2ClH/c1-2-20-15(19)18-8-7-11(10-18)16-9-14-17-12-5-3-4-6-13(12)21-14;;/h3-6,11,16H,2,7-10H2,1H3;2*1H. The van der Waals surface area contributed by atoms with Crippen LogP contribution in [0.2, 0.25) is 0 Å². The summed E-state index contributed by atoms with van der Waals surface area (Å²) >= 11 is 0. The molecule has 1 N–H and O–H groups in total. The van der Waals surface area contributed by atoms with Gasteiger partial charge in [0.05, 0.1) is 13.2 Å². The number of carbonyl (C=O) groups excluding carboxylic acids is 1. The lowest BCUT2D eigenvalue weighted by Gasteiger charge is -2.15. The molecule has 0 saturated carbocycles. The minimum absolute atomic E-state index is 0. The summed E-state index contributed by atoms with van der Waals surface area (Å²) in [5, 5.41) is 3.38. The molecule has 2 aromatic rings. The van der Waals surface area contributed by atoms with E-state index in [1.54, 1.807) is 4.90 Å². The number of hydrogen-bond acceptors (Lipinski definition) is 5. The number of halogens is 2. The van der Waals surface area contributed by atoms with Crippen molar-refractivity contribution < 1.29 is 13.9 Å². The van der Waals surface area contributed by atoms with Gasteiger partial charge in [0.2, 0.25) is 5.89 Å². The maximum atomic E-state index is 11.6. The summed E-state index contributed by atoms with van der Waals surface area (Å²) < 4.78 is 10.7. The van der Waals surface area contributed by atoms with Crippen LogP contribution in [0.1, 0.15) is 19.2 Å². The van der Waals surface area contributed by atoms with E-state index in [1.807, 2.05) is 31.2 Å². The summed E-state index contributed by atoms with van der Waals surface area (Å²) in [6.07, 6.45) is 0.683. The molecule has 1 atom stereocenters. The highest BCUT2D eigenvalue weighted by Gasteiger charge is 2.26. The summed E-state index contributed by atoms with van der Waals surface area (Å²) in [5.41, 5.74) is 1.67. The van der Waals surface area contributed by atoms with Crippen LogP contribution < -0.4 is 5.32 Å². The van der Waals surface area contributed by atoms with Gasteiger partial charge >= 0.3 is 6.09 Å². The largest absolute Gasteiger partial charge is 0.450 e.